The Morgan fingerprint density at radius 2 is 2.20 bits per heavy atom. The fourth-order valence-corrected chi connectivity index (χ4v) is 2.27. The second kappa shape index (κ2) is 6.29. The number of piperidine rings is 1. The average Bonchev–Trinajstić information content (AvgIpc) is 2.19. The first-order valence-electron chi connectivity index (χ1n) is 6.22. The molecule has 2 unspecified atom stereocenters. The Labute approximate surface area is 94.7 Å². The normalized spacial score (nSPS) is 27.7. The van der Waals surface area contributed by atoms with E-state index in [1.165, 1.54) is 25.1 Å². The molecule has 2 atom stereocenters. The second-order valence-electron chi connectivity index (χ2n) is 4.97. The maximum absolute atomic E-state index is 3.58. The van der Waals surface area contributed by atoms with Gasteiger partial charge in [0, 0.05) is 19.1 Å². The minimum absolute atomic E-state index is 0.734. The Hall–Kier alpha value is -0.340. The summed E-state index contributed by atoms with van der Waals surface area (Å²) in [5.41, 5.74) is 1.43. The Morgan fingerprint density at radius 3 is 2.73 bits per heavy atom. The van der Waals surface area contributed by atoms with Gasteiger partial charge in [-0.25, -0.2) is 0 Å². The van der Waals surface area contributed by atoms with Gasteiger partial charge < -0.3 is 5.32 Å². The van der Waals surface area contributed by atoms with Crippen LogP contribution in [0.4, 0.5) is 0 Å². The van der Waals surface area contributed by atoms with Gasteiger partial charge in [-0.3, -0.25) is 4.90 Å². The van der Waals surface area contributed by atoms with Crippen LogP contribution in [0, 0.1) is 5.92 Å². The number of hydrogen-bond acceptors (Lipinski definition) is 2. The van der Waals surface area contributed by atoms with E-state index in [-0.39, 0.29) is 0 Å². The summed E-state index contributed by atoms with van der Waals surface area (Å²) >= 11 is 0. The van der Waals surface area contributed by atoms with Crippen molar-refractivity contribution in [3.05, 3.63) is 11.6 Å². The molecule has 15 heavy (non-hydrogen) atoms. The Morgan fingerprint density at radius 1 is 1.47 bits per heavy atom. The van der Waals surface area contributed by atoms with Crippen LogP contribution in [0.1, 0.15) is 34.1 Å². The highest BCUT2D eigenvalue weighted by Gasteiger charge is 2.24. The third kappa shape index (κ3) is 4.35. The summed E-state index contributed by atoms with van der Waals surface area (Å²) in [6.07, 6.45) is 3.63. The van der Waals surface area contributed by atoms with Gasteiger partial charge in [0.1, 0.15) is 0 Å². The Balaban J connectivity index is 2.33. The topological polar surface area (TPSA) is 15.3 Å². The molecule has 2 nitrogen and oxygen atoms in total. The van der Waals surface area contributed by atoms with Crippen LogP contribution in [0.3, 0.4) is 0 Å². The molecular weight excluding hydrogens is 184 g/mol. The Kier molecular flexibility index (Phi) is 5.34. The molecule has 0 aliphatic carbocycles. The van der Waals surface area contributed by atoms with Crippen molar-refractivity contribution in [3.8, 4) is 0 Å². The molecule has 0 radical (unpaired) electrons. The number of hydrogen-bond donors (Lipinski definition) is 1. The zero-order valence-corrected chi connectivity index (χ0v) is 10.7. The molecule has 0 aromatic rings. The molecule has 0 aromatic carbocycles. The molecule has 1 N–H and O–H groups in total. The summed E-state index contributed by atoms with van der Waals surface area (Å²) in [7, 11) is 0. The number of nitrogens with one attached hydrogen (secondary N) is 1. The van der Waals surface area contributed by atoms with Crippen molar-refractivity contribution in [2.24, 2.45) is 5.92 Å². The van der Waals surface area contributed by atoms with Crippen LogP contribution < -0.4 is 5.32 Å². The van der Waals surface area contributed by atoms with Crippen LogP contribution in [-0.4, -0.2) is 37.1 Å². The lowest BCUT2D eigenvalue weighted by atomic mass is 9.94. The lowest BCUT2D eigenvalue weighted by Crippen LogP contribution is -2.48. The van der Waals surface area contributed by atoms with Gasteiger partial charge in [-0.1, -0.05) is 25.5 Å². The van der Waals surface area contributed by atoms with Crippen LogP contribution in [0.5, 0.6) is 0 Å². The smallest absolute Gasteiger partial charge is 0.0165 e. The maximum atomic E-state index is 3.58. The molecule has 2 heteroatoms. The molecule has 1 heterocycles. The molecule has 1 saturated heterocycles. The first-order chi connectivity index (χ1) is 7.13. The van der Waals surface area contributed by atoms with Gasteiger partial charge in [0.05, 0.1) is 0 Å². The minimum Gasteiger partial charge on any atom is -0.314 e. The average molecular weight is 210 g/mol. The van der Waals surface area contributed by atoms with E-state index in [0.717, 1.165) is 25.0 Å². The number of allylic oxidation sites excluding steroid dienone is 1. The van der Waals surface area contributed by atoms with E-state index >= 15 is 0 Å². The van der Waals surface area contributed by atoms with E-state index in [1.54, 1.807) is 0 Å². The van der Waals surface area contributed by atoms with Crippen LogP contribution in [0.15, 0.2) is 11.6 Å². The van der Waals surface area contributed by atoms with Gasteiger partial charge >= 0.3 is 0 Å². The van der Waals surface area contributed by atoms with Gasteiger partial charge in [-0.05, 0) is 39.3 Å². The lowest BCUT2D eigenvalue weighted by Gasteiger charge is -2.36. The highest BCUT2D eigenvalue weighted by molar-refractivity contribution is 4.96. The third-order valence-corrected chi connectivity index (χ3v) is 3.21. The zero-order chi connectivity index (χ0) is 11.3. The number of likely N-dealkylation sites (tertiary alicyclic amines) is 1. The molecule has 1 fully saturated rings. The monoisotopic (exact) mass is 210 g/mol. The number of nitrogens with zero attached hydrogens (tertiary/aromatic N) is 1. The van der Waals surface area contributed by atoms with Crippen LogP contribution >= 0.6 is 0 Å². The molecular formula is C13H26N2. The van der Waals surface area contributed by atoms with Gasteiger partial charge in [0.15, 0.2) is 0 Å². The summed E-state index contributed by atoms with van der Waals surface area (Å²) < 4.78 is 0. The molecule has 1 aliphatic heterocycles. The lowest BCUT2D eigenvalue weighted by molar-refractivity contribution is 0.161. The van der Waals surface area contributed by atoms with Crippen molar-refractivity contribution < 1.29 is 0 Å². The van der Waals surface area contributed by atoms with E-state index in [1.807, 2.05) is 0 Å². The predicted molar refractivity (Wildman–Crippen MR) is 67.1 cm³/mol. The van der Waals surface area contributed by atoms with Crippen molar-refractivity contribution in [2.75, 3.05) is 26.2 Å². The minimum atomic E-state index is 0.734. The zero-order valence-electron chi connectivity index (χ0n) is 10.7. The van der Waals surface area contributed by atoms with Crippen molar-refractivity contribution in [1.82, 2.24) is 10.2 Å². The van der Waals surface area contributed by atoms with E-state index < -0.39 is 0 Å². The summed E-state index contributed by atoms with van der Waals surface area (Å²) in [5, 5.41) is 3.58. The fraction of sp³-hybridized carbons (Fsp3) is 0.846. The fourth-order valence-electron chi connectivity index (χ4n) is 2.27. The van der Waals surface area contributed by atoms with Crippen molar-refractivity contribution >= 4 is 0 Å². The maximum Gasteiger partial charge on any atom is 0.0165 e. The second-order valence-corrected chi connectivity index (χ2v) is 4.97. The Bertz CT molecular complexity index is 207. The molecule has 1 rings (SSSR count). The predicted octanol–water partition coefficient (Wildman–Crippen LogP) is 2.27. The van der Waals surface area contributed by atoms with Gasteiger partial charge in [-0.15, -0.1) is 0 Å². The standard InChI is InChI=1S/C13H26N2/c1-5-14-13-7-9-15(10-12(13)4)8-6-11(2)3/h6,12-14H,5,7-10H2,1-4H3. The van der Waals surface area contributed by atoms with Gasteiger partial charge in [0.2, 0.25) is 0 Å². The molecule has 0 saturated carbocycles. The SMILES string of the molecule is CCNC1CCN(CC=C(C)C)CC1C. The van der Waals surface area contributed by atoms with E-state index in [2.05, 4.69) is 44.0 Å². The summed E-state index contributed by atoms with van der Waals surface area (Å²) in [6, 6.07) is 0.734. The van der Waals surface area contributed by atoms with Crippen molar-refractivity contribution in [3.63, 3.8) is 0 Å². The largest absolute Gasteiger partial charge is 0.314 e. The number of rotatable bonds is 4. The van der Waals surface area contributed by atoms with Crippen molar-refractivity contribution in [1.29, 1.82) is 0 Å². The van der Waals surface area contributed by atoms with Crippen LogP contribution in [-0.2, 0) is 0 Å². The molecule has 88 valence electrons. The van der Waals surface area contributed by atoms with E-state index in [9.17, 15) is 0 Å². The van der Waals surface area contributed by atoms with Gasteiger partial charge in [-0.2, -0.15) is 0 Å². The third-order valence-electron chi connectivity index (χ3n) is 3.21. The summed E-state index contributed by atoms with van der Waals surface area (Å²) in [4.78, 5) is 2.56. The summed E-state index contributed by atoms with van der Waals surface area (Å²) in [6.45, 7) is 13.6. The quantitative estimate of drug-likeness (QED) is 0.716. The molecule has 0 spiro atoms. The molecule has 0 aromatic heterocycles. The molecule has 0 bridgehead atoms. The summed E-state index contributed by atoms with van der Waals surface area (Å²) in [5.74, 6) is 0.782. The highest BCUT2D eigenvalue weighted by atomic mass is 15.1. The highest BCUT2D eigenvalue weighted by Crippen LogP contribution is 2.16. The van der Waals surface area contributed by atoms with Crippen LogP contribution in [0.25, 0.3) is 0 Å². The first-order valence-corrected chi connectivity index (χ1v) is 6.22. The van der Waals surface area contributed by atoms with E-state index in [0.29, 0.717) is 0 Å². The van der Waals surface area contributed by atoms with Gasteiger partial charge in [0.25, 0.3) is 0 Å². The van der Waals surface area contributed by atoms with E-state index in [4.69, 9.17) is 0 Å². The molecule has 0 amide bonds. The molecule has 1 aliphatic rings. The first kappa shape index (κ1) is 12.7. The van der Waals surface area contributed by atoms with Crippen LogP contribution in [0.2, 0.25) is 0 Å². The van der Waals surface area contributed by atoms with Crippen molar-refractivity contribution in [2.45, 2.75) is 40.2 Å².